The predicted molar refractivity (Wildman–Crippen MR) is 102 cm³/mol. The molecule has 0 fully saturated rings. The number of nitrogens with zero attached hydrogens (tertiary/aromatic N) is 1. The van der Waals surface area contributed by atoms with Crippen molar-refractivity contribution < 1.29 is 5.11 Å². The van der Waals surface area contributed by atoms with Crippen molar-refractivity contribution in [2.75, 3.05) is 5.32 Å². The lowest BCUT2D eigenvalue weighted by Crippen LogP contribution is -2.24. The summed E-state index contributed by atoms with van der Waals surface area (Å²) in [6.07, 6.45) is 7.04. The highest BCUT2D eigenvalue weighted by atomic mass is 16.3. The fraction of sp³-hybridized carbons (Fsp3) is 0.381. The van der Waals surface area contributed by atoms with Crippen LogP contribution in [-0.2, 0) is 5.60 Å². The lowest BCUT2D eigenvalue weighted by Gasteiger charge is -2.22. The molecule has 2 N–H and O–H groups in total. The van der Waals surface area contributed by atoms with E-state index in [0.29, 0.717) is 0 Å². The average molecular weight is 322 g/mol. The van der Waals surface area contributed by atoms with Crippen molar-refractivity contribution in [1.82, 2.24) is 0 Å². The molecule has 1 aliphatic heterocycles. The van der Waals surface area contributed by atoms with Crippen LogP contribution in [-0.4, -0.2) is 11.3 Å². The Balaban J connectivity index is 1.75. The Labute approximate surface area is 144 Å². The molecule has 0 amide bonds. The highest BCUT2D eigenvalue weighted by Gasteiger charge is 2.33. The van der Waals surface area contributed by atoms with E-state index in [0.717, 1.165) is 41.9 Å². The van der Waals surface area contributed by atoms with E-state index in [9.17, 15) is 5.11 Å². The number of aliphatic imine (C=N–C) groups is 1. The molecule has 126 valence electrons. The Kier molecular flexibility index (Phi) is 5.00. The fourth-order valence-electron chi connectivity index (χ4n) is 3.14. The van der Waals surface area contributed by atoms with Crippen LogP contribution >= 0.6 is 0 Å². The number of aryl methyl sites for hydroxylation is 1. The normalized spacial score (nSPS) is 18.6. The summed E-state index contributed by atoms with van der Waals surface area (Å²) in [6, 6.07) is 14.3. The summed E-state index contributed by atoms with van der Waals surface area (Å²) < 4.78 is 0. The van der Waals surface area contributed by atoms with Crippen LogP contribution in [0.1, 0.15) is 50.2 Å². The highest BCUT2D eigenvalue weighted by molar-refractivity contribution is 5.84. The zero-order valence-electron chi connectivity index (χ0n) is 14.5. The first-order valence-electron chi connectivity index (χ1n) is 8.86. The van der Waals surface area contributed by atoms with Crippen LogP contribution < -0.4 is 5.32 Å². The number of aliphatic hydroxyl groups is 1. The number of hydrogen-bond donors (Lipinski definition) is 2. The maximum Gasteiger partial charge on any atom is 0.127 e. The molecule has 1 atom stereocenters. The van der Waals surface area contributed by atoms with Gasteiger partial charge in [0.15, 0.2) is 0 Å². The van der Waals surface area contributed by atoms with Gasteiger partial charge in [-0.1, -0.05) is 43.9 Å². The quantitative estimate of drug-likeness (QED) is 0.650. The van der Waals surface area contributed by atoms with Crippen molar-refractivity contribution in [3.8, 4) is 0 Å². The largest absolute Gasteiger partial charge is 0.379 e. The molecule has 0 radical (unpaired) electrons. The molecular weight excluding hydrogens is 296 g/mol. The van der Waals surface area contributed by atoms with Crippen molar-refractivity contribution >= 4 is 23.3 Å². The third kappa shape index (κ3) is 3.68. The van der Waals surface area contributed by atoms with E-state index in [1.807, 2.05) is 18.2 Å². The summed E-state index contributed by atoms with van der Waals surface area (Å²) in [5.74, 6) is 0. The Morgan fingerprint density at radius 1 is 1.00 bits per heavy atom. The predicted octanol–water partition coefficient (Wildman–Crippen LogP) is 5.61. The lowest BCUT2D eigenvalue weighted by atomic mass is 9.90. The minimum Gasteiger partial charge on any atom is -0.379 e. The molecule has 24 heavy (non-hydrogen) atoms. The van der Waals surface area contributed by atoms with Gasteiger partial charge in [0, 0.05) is 23.2 Å². The minimum absolute atomic E-state index is 0.734. The van der Waals surface area contributed by atoms with Crippen molar-refractivity contribution in [3.05, 3.63) is 53.6 Å². The van der Waals surface area contributed by atoms with Gasteiger partial charge in [-0.3, -0.25) is 4.99 Å². The van der Waals surface area contributed by atoms with Crippen LogP contribution in [0.3, 0.4) is 0 Å². The number of rotatable bonds is 7. The summed E-state index contributed by atoms with van der Waals surface area (Å²) in [4.78, 5) is 4.41. The average Bonchev–Trinajstić information content (AvgIpc) is 2.91. The molecule has 0 aromatic heterocycles. The summed E-state index contributed by atoms with van der Waals surface area (Å²) in [6.45, 7) is 4.28. The molecule has 3 rings (SSSR count). The van der Waals surface area contributed by atoms with Gasteiger partial charge in [-0.05, 0) is 50.1 Å². The second kappa shape index (κ2) is 7.18. The van der Waals surface area contributed by atoms with E-state index < -0.39 is 5.60 Å². The van der Waals surface area contributed by atoms with Gasteiger partial charge in [0.1, 0.15) is 5.60 Å². The number of benzene rings is 2. The molecule has 0 bridgehead atoms. The minimum atomic E-state index is -0.923. The third-order valence-electron chi connectivity index (χ3n) is 4.63. The summed E-state index contributed by atoms with van der Waals surface area (Å²) in [7, 11) is 0. The highest BCUT2D eigenvalue weighted by Crippen LogP contribution is 2.40. The molecule has 2 aromatic carbocycles. The van der Waals surface area contributed by atoms with Gasteiger partial charge in [0.05, 0.1) is 5.69 Å². The molecular formula is C21H26N2O. The molecule has 1 aliphatic rings. The van der Waals surface area contributed by atoms with Crippen molar-refractivity contribution in [3.63, 3.8) is 0 Å². The van der Waals surface area contributed by atoms with Crippen molar-refractivity contribution in [2.45, 2.75) is 51.6 Å². The number of nitrogens with one attached hydrogen (secondary N) is 1. The van der Waals surface area contributed by atoms with E-state index in [1.54, 1.807) is 6.21 Å². The number of hydrogen-bond acceptors (Lipinski definition) is 3. The zero-order valence-corrected chi connectivity index (χ0v) is 14.5. The number of unbranched alkanes of at least 4 members (excludes halogenated alkanes) is 3. The lowest BCUT2D eigenvalue weighted by molar-refractivity contribution is 0.107. The van der Waals surface area contributed by atoms with Crippen LogP contribution in [0.2, 0.25) is 0 Å². The molecule has 0 saturated carbocycles. The van der Waals surface area contributed by atoms with Crippen LogP contribution in [0.15, 0.2) is 47.5 Å². The van der Waals surface area contributed by atoms with E-state index in [2.05, 4.69) is 48.4 Å². The maximum absolute atomic E-state index is 11.0. The monoisotopic (exact) mass is 322 g/mol. The first-order valence-corrected chi connectivity index (χ1v) is 8.86. The van der Waals surface area contributed by atoms with Crippen LogP contribution in [0.25, 0.3) is 0 Å². The van der Waals surface area contributed by atoms with Crippen LogP contribution in [0, 0.1) is 6.92 Å². The van der Waals surface area contributed by atoms with Gasteiger partial charge in [-0.2, -0.15) is 0 Å². The number of anilines is 2. The number of fused-ring (bicyclic) bond motifs is 1. The summed E-state index contributed by atoms with van der Waals surface area (Å²) in [5, 5.41) is 14.4. The fourth-order valence-corrected chi connectivity index (χ4v) is 3.14. The van der Waals surface area contributed by atoms with E-state index >= 15 is 0 Å². The maximum atomic E-state index is 11.0. The van der Waals surface area contributed by atoms with E-state index in [-0.39, 0.29) is 0 Å². The van der Waals surface area contributed by atoms with Gasteiger partial charge in [0.2, 0.25) is 0 Å². The Bertz CT molecular complexity index is 721. The van der Waals surface area contributed by atoms with Crippen LogP contribution in [0.5, 0.6) is 0 Å². The Morgan fingerprint density at radius 2 is 1.75 bits per heavy atom. The van der Waals surface area contributed by atoms with E-state index in [4.69, 9.17) is 0 Å². The molecule has 0 saturated heterocycles. The van der Waals surface area contributed by atoms with Crippen molar-refractivity contribution in [1.29, 1.82) is 0 Å². The second-order valence-corrected chi connectivity index (χ2v) is 6.72. The van der Waals surface area contributed by atoms with Gasteiger partial charge in [-0.25, -0.2) is 0 Å². The topological polar surface area (TPSA) is 44.6 Å². The Hall–Kier alpha value is -2.13. The zero-order chi connectivity index (χ0) is 17.0. The van der Waals surface area contributed by atoms with Gasteiger partial charge in [-0.15, -0.1) is 0 Å². The van der Waals surface area contributed by atoms with Gasteiger partial charge >= 0.3 is 0 Å². The first kappa shape index (κ1) is 16.7. The molecule has 0 aliphatic carbocycles. The smallest absolute Gasteiger partial charge is 0.127 e. The van der Waals surface area contributed by atoms with Gasteiger partial charge in [0.25, 0.3) is 0 Å². The molecule has 3 nitrogen and oxygen atoms in total. The first-order chi connectivity index (χ1) is 11.6. The second-order valence-electron chi connectivity index (χ2n) is 6.72. The van der Waals surface area contributed by atoms with E-state index in [1.165, 1.54) is 18.4 Å². The molecule has 1 heterocycles. The molecule has 3 heteroatoms. The molecule has 0 spiro atoms. The summed E-state index contributed by atoms with van der Waals surface area (Å²) in [5.41, 5.74) is 4.14. The SMILES string of the molecule is CCCCCCC1(O)C=Nc2ccc(Nc3ccc(C)cc3)cc21. The molecule has 2 aromatic rings. The van der Waals surface area contributed by atoms with Crippen LogP contribution in [0.4, 0.5) is 17.1 Å². The Morgan fingerprint density at radius 3 is 2.50 bits per heavy atom. The van der Waals surface area contributed by atoms with Gasteiger partial charge < -0.3 is 10.4 Å². The summed E-state index contributed by atoms with van der Waals surface area (Å²) >= 11 is 0. The third-order valence-corrected chi connectivity index (χ3v) is 4.63. The standard InChI is InChI=1S/C21H26N2O/c1-3-4-5-6-13-21(24)15-22-20-12-11-18(14-19(20)21)23-17-9-7-16(2)8-10-17/h7-12,14-15,23-24H,3-6,13H2,1-2H3. The van der Waals surface area contributed by atoms with Crippen molar-refractivity contribution in [2.24, 2.45) is 4.99 Å². The molecule has 1 unspecified atom stereocenters.